The van der Waals surface area contributed by atoms with Gasteiger partial charge < -0.3 is 4.98 Å². The molecule has 0 spiro atoms. The van der Waals surface area contributed by atoms with Crippen LogP contribution in [0, 0.1) is 20.8 Å². The average molecular weight is 250 g/mol. The van der Waals surface area contributed by atoms with Crippen LogP contribution in [0.25, 0.3) is 11.0 Å². The van der Waals surface area contributed by atoms with E-state index in [0.29, 0.717) is 0 Å². The summed E-state index contributed by atoms with van der Waals surface area (Å²) in [4.78, 5) is 8.05. The first-order chi connectivity index (χ1) is 9.11. The zero-order valence-electron chi connectivity index (χ0n) is 11.6. The van der Waals surface area contributed by atoms with Crippen molar-refractivity contribution in [2.45, 2.75) is 27.2 Å². The third-order valence-corrected chi connectivity index (χ3v) is 3.63. The molecule has 0 radical (unpaired) electrons. The molecular formula is C17H18N2. The van der Waals surface area contributed by atoms with Crippen molar-refractivity contribution in [2.24, 2.45) is 0 Å². The van der Waals surface area contributed by atoms with Crippen LogP contribution >= 0.6 is 0 Å². The fourth-order valence-corrected chi connectivity index (χ4v) is 2.37. The lowest BCUT2D eigenvalue weighted by Crippen LogP contribution is -1.92. The van der Waals surface area contributed by atoms with Crippen molar-refractivity contribution < 1.29 is 0 Å². The Balaban J connectivity index is 1.94. The molecule has 0 aliphatic carbocycles. The number of H-pyrrole nitrogens is 1. The molecule has 0 aliphatic heterocycles. The maximum atomic E-state index is 4.65. The van der Waals surface area contributed by atoms with Crippen molar-refractivity contribution >= 4 is 11.0 Å². The Bertz CT molecular complexity index is 738. The van der Waals surface area contributed by atoms with Crippen LogP contribution in [0.4, 0.5) is 0 Å². The van der Waals surface area contributed by atoms with Crippen LogP contribution in [0.15, 0.2) is 36.4 Å². The Labute approximate surface area is 113 Å². The van der Waals surface area contributed by atoms with Crippen LogP contribution in [-0.2, 0) is 6.42 Å². The predicted molar refractivity (Wildman–Crippen MR) is 79.6 cm³/mol. The molecule has 0 unspecified atom stereocenters. The van der Waals surface area contributed by atoms with Crippen molar-refractivity contribution in [3.8, 4) is 0 Å². The van der Waals surface area contributed by atoms with Gasteiger partial charge in [0.25, 0.3) is 0 Å². The van der Waals surface area contributed by atoms with Crippen molar-refractivity contribution in [3.05, 3.63) is 64.5 Å². The van der Waals surface area contributed by atoms with Gasteiger partial charge in [-0.15, -0.1) is 0 Å². The molecular weight excluding hydrogens is 232 g/mol. The summed E-state index contributed by atoms with van der Waals surface area (Å²) in [6.07, 6.45) is 0.856. The van der Waals surface area contributed by atoms with Gasteiger partial charge in [0.1, 0.15) is 5.82 Å². The van der Waals surface area contributed by atoms with Gasteiger partial charge in [-0.3, -0.25) is 0 Å². The van der Waals surface area contributed by atoms with Gasteiger partial charge in [-0.1, -0.05) is 24.3 Å². The van der Waals surface area contributed by atoms with Gasteiger partial charge in [-0.05, 0) is 55.2 Å². The van der Waals surface area contributed by atoms with Crippen LogP contribution in [0.5, 0.6) is 0 Å². The predicted octanol–water partition coefficient (Wildman–Crippen LogP) is 4.08. The molecule has 1 N–H and O–H groups in total. The maximum absolute atomic E-state index is 4.65. The summed E-state index contributed by atoms with van der Waals surface area (Å²) >= 11 is 0. The van der Waals surface area contributed by atoms with Crippen LogP contribution in [0.2, 0.25) is 0 Å². The Morgan fingerprint density at radius 2 is 1.79 bits per heavy atom. The number of fused-ring (bicyclic) bond motifs is 1. The summed E-state index contributed by atoms with van der Waals surface area (Å²) in [5, 5.41) is 0. The summed E-state index contributed by atoms with van der Waals surface area (Å²) < 4.78 is 0. The number of aryl methyl sites for hydroxylation is 3. The highest BCUT2D eigenvalue weighted by atomic mass is 14.9. The van der Waals surface area contributed by atoms with Crippen molar-refractivity contribution in [1.82, 2.24) is 9.97 Å². The maximum Gasteiger partial charge on any atom is 0.111 e. The number of imidazole rings is 1. The SMILES string of the molecule is Cc1ccc2nc(Cc3ccc(C)c(C)c3)[nH]c2c1. The first kappa shape index (κ1) is 12.0. The molecule has 1 heterocycles. The summed E-state index contributed by atoms with van der Waals surface area (Å²) in [6, 6.07) is 12.9. The number of hydrogen-bond acceptors (Lipinski definition) is 1. The second-order valence-electron chi connectivity index (χ2n) is 5.30. The van der Waals surface area contributed by atoms with Gasteiger partial charge >= 0.3 is 0 Å². The molecule has 0 aliphatic rings. The molecule has 1 aromatic heterocycles. The molecule has 0 saturated heterocycles. The van der Waals surface area contributed by atoms with Gasteiger partial charge in [0.05, 0.1) is 11.0 Å². The Kier molecular flexibility index (Phi) is 2.86. The number of aromatic amines is 1. The van der Waals surface area contributed by atoms with E-state index >= 15 is 0 Å². The molecule has 2 aromatic carbocycles. The minimum Gasteiger partial charge on any atom is -0.342 e. The topological polar surface area (TPSA) is 28.7 Å². The molecule has 0 fully saturated rings. The summed E-state index contributed by atoms with van der Waals surface area (Å²) in [5.41, 5.74) is 7.41. The average Bonchev–Trinajstić information content (AvgIpc) is 2.75. The third-order valence-electron chi connectivity index (χ3n) is 3.63. The minimum atomic E-state index is 0.856. The number of aromatic nitrogens is 2. The van der Waals surface area contributed by atoms with Gasteiger partial charge in [0.2, 0.25) is 0 Å². The van der Waals surface area contributed by atoms with Crippen molar-refractivity contribution in [3.63, 3.8) is 0 Å². The molecule has 3 aromatic rings. The van der Waals surface area contributed by atoms with Crippen molar-refractivity contribution in [1.29, 1.82) is 0 Å². The molecule has 96 valence electrons. The van der Waals surface area contributed by atoms with E-state index in [9.17, 15) is 0 Å². The molecule has 19 heavy (non-hydrogen) atoms. The lowest BCUT2D eigenvalue weighted by Gasteiger charge is -2.03. The van der Waals surface area contributed by atoms with E-state index in [1.54, 1.807) is 0 Å². The fourth-order valence-electron chi connectivity index (χ4n) is 2.37. The fraction of sp³-hybridized carbons (Fsp3) is 0.235. The number of benzene rings is 2. The number of nitrogens with zero attached hydrogens (tertiary/aromatic N) is 1. The Morgan fingerprint density at radius 1 is 0.947 bits per heavy atom. The van der Waals surface area contributed by atoms with E-state index in [-0.39, 0.29) is 0 Å². The zero-order valence-corrected chi connectivity index (χ0v) is 11.6. The molecule has 3 rings (SSSR count). The van der Waals surface area contributed by atoms with E-state index in [2.05, 4.69) is 67.1 Å². The van der Waals surface area contributed by atoms with Gasteiger partial charge in [0, 0.05) is 6.42 Å². The lowest BCUT2D eigenvalue weighted by atomic mass is 10.0. The number of nitrogens with one attached hydrogen (secondary N) is 1. The highest BCUT2D eigenvalue weighted by molar-refractivity contribution is 5.75. The van der Waals surface area contributed by atoms with Crippen molar-refractivity contribution in [2.75, 3.05) is 0 Å². The zero-order chi connectivity index (χ0) is 13.4. The molecule has 2 nitrogen and oxygen atoms in total. The van der Waals surface area contributed by atoms with E-state index in [0.717, 1.165) is 23.3 Å². The van der Waals surface area contributed by atoms with Crippen LogP contribution in [0.1, 0.15) is 28.1 Å². The smallest absolute Gasteiger partial charge is 0.111 e. The lowest BCUT2D eigenvalue weighted by molar-refractivity contribution is 1.03. The summed E-state index contributed by atoms with van der Waals surface area (Å²) in [5.74, 6) is 1.03. The normalized spacial score (nSPS) is 11.1. The summed E-state index contributed by atoms with van der Waals surface area (Å²) in [7, 11) is 0. The quantitative estimate of drug-likeness (QED) is 0.729. The Hall–Kier alpha value is -2.09. The second kappa shape index (κ2) is 4.54. The minimum absolute atomic E-state index is 0.856. The largest absolute Gasteiger partial charge is 0.342 e. The highest BCUT2D eigenvalue weighted by Crippen LogP contribution is 2.17. The molecule has 0 saturated carbocycles. The molecule has 2 heteroatoms. The van der Waals surface area contributed by atoms with E-state index in [1.807, 2.05) is 0 Å². The van der Waals surface area contributed by atoms with Gasteiger partial charge in [-0.2, -0.15) is 0 Å². The first-order valence-electron chi connectivity index (χ1n) is 6.63. The molecule has 0 bridgehead atoms. The third kappa shape index (κ3) is 2.39. The Morgan fingerprint density at radius 3 is 2.58 bits per heavy atom. The van der Waals surface area contributed by atoms with E-state index in [4.69, 9.17) is 0 Å². The molecule has 0 amide bonds. The second-order valence-corrected chi connectivity index (χ2v) is 5.30. The highest BCUT2D eigenvalue weighted by Gasteiger charge is 2.04. The number of hydrogen-bond donors (Lipinski definition) is 1. The van der Waals surface area contributed by atoms with Gasteiger partial charge in [0.15, 0.2) is 0 Å². The number of rotatable bonds is 2. The monoisotopic (exact) mass is 250 g/mol. The van der Waals surface area contributed by atoms with E-state index < -0.39 is 0 Å². The van der Waals surface area contributed by atoms with Crippen LogP contribution < -0.4 is 0 Å². The van der Waals surface area contributed by atoms with Crippen LogP contribution in [-0.4, -0.2) is 9.97 Å². The van der Waals surface area contributed by atoms with E-state index in [1.165, 1.54) is 22.3 Å². The molecule has 0 atom stereocenters. The van der Waals surface area contributed by atoms with Crippen LogP contribution in [0.3, 0.4) is 0 Å². The van der Waals surface area contributed by atoms with Gasteiger partial charge in [-0.25, -0.2) is 4.98 Å². The standard InChI is InChI=1S/C17H18N2/c1-11-4-7-15-16(8-11)19-17(18-15)10-14-6-5-12(2)13(3)9-14/h4-9H,10H2,1-3H3,(H,18,19). The summed E-state index contributed by atoms with van der Waals surface area (Å²) in [6.45, 7) is 6.40. The first-order valence-corrected chi connectivity index (χ1v) is 6.63.